The van der Waals surface area contributed by atoms with Crippen molar-refractivity contribution in [2.24, 2.45) is 0 Å². The molecule has 0 rings (SSSR count). The monoisotopic (exact) mass is 343 g/mol. The van der Waals surface area contributed by atoms with Gasteiger partial charge in [-0.3, -0.25) is 4.79 Å². The van der Waals surface area contributed by atoms with Gasteiger partial charge in [0.05, 0.1) is 0 Å². The molecule has 0 radical (unpaired) electrons. The second-order valence-electron chi connectivity index (χ2n) is 6.72. The van der Waals surface area contributed by atoms with Crippen LogP contribution in [-0.4, -0.2) is 18.0 Å². The standard InChI is InChI=1S/C20H41NOS/c1-3-4-5-6-7-8-9-10-11-12-13-14-15-16-17-18-19-21-20(22)23-2/h3-19H2,1-2H3,(H,21,22). The predicted molar refractivity (Wildman–Crippen MR) is 106 cm³/mol. The first-order valence-corrected chi connectivity index (χ1v) is 11.4. The molecule has 0 aliphatic carbocycles. The maximum Gasteiger partial charge on any atom is 0.278 e. The molecule has 0 atom stereocenters. The Labute approximate surface area is 150 Å². The van der Waals surface area contributed by atoms with Crippen molar-refractivity contribution in [3.8, 4) is 0 Å². The van der Waals surface area contributed by atoms with E-state index in [9.17, 15) is 4.79 Å². The van der Waals surface area contributed by atoms with Crippen LogP contribution in [-0.2, 0) is 0 Å². The van der Waals surface area contributed by atoms with E-state index in [0.717, 1.165) is 13.0 Å². The molecule has 3 heteroatoms. The van der Waals surface area contributed by atoms with Crippen molar-refractivity contribution >= 4 is 17.0 Å². The highest BCUT2D eigenvalue weighted by molar-refractivity contribution is 8.12. The van der Waals surface area contributed by atoms with E-state index in [-0.39, 0.29) is 5.24 Å². The molecule has 0 aliphatic rings. The van der Waals surface area contributed by atoms with E-state index in [1.807, 2.05) is 6.26 Å². The third-order valence-corrected chi connectivity index (χ3v) is 5.00. The van der Waals surface area contributed by atoms with E-state index in [4.69, 9.17) is 0 Å². The Balaban J connectivity index is 2.99. The Bertz CT molecular complexity index is 246. The zero-order chi connectivity index (χ0) is 17.0. The average molecular weight is 344 g/mol. The van der Waals surface area contributed by atoms with Crippen LogP contribution in [0.1, 0.15) is 110 Å². The van der Waals surface area contributed by atoms with E-state index in [2.05, 4.69) is 12.2 Å². The maximum atomic E-state index is 11.0. The Hall–Kier alpha value is -0.180. The van der Waals surface area contributed by atoms with Gasteiger partial charge in [0.1, 0.15) is 0 Å². The summed E-state index contributed by atoms with van der Waals surface area (Å²) in [5, 5.41) is 3.01. The molecule has 0 heterocycles. The van der Waals surface area contributed by atoms with Crippen LogP contribution >= 0.6 is 11.8 Å². The molecule has 2 nitrogen and oxygen atoms in total. The van der Waals surface area contributed by atoms with Gasteiger partial charge in [0.15, 0.2) is 0 Å². The number of hydrogen-bond donors (Lipinski definition) is 1. The topological polar surface area (TPSA) is 29.1 Å². The highest BCUT2D eigenvalue weighted by Gasteiger charge is 1.96. The quantitative estimate of drug-likeness (QED) is 0.280. The second kappa shape index (κ2) is 19.9. The summed E-state index contributed by atoms with van der Waals surface area (Å²) >= 11 is 1.26. The molecular formula is C20H41NOS. The van der Waals surface area contributed by atoms with Crippen LogP contribution < -0.4 is 5.32 Å². The summed E-state index contributed by atoms with van der Waals surface area (Å²) in [5.41, 5.74) is 0. The molecule has 0 bridgehead atoms. The van der Waals surface area contributed by atoms with Crippen LogP contribution in [0.5, 0.6) is 0 Å². The smallest absolute Gasteiger partial charge is 0.278 e. The summed E-state index contributed by atoms with van der Waals surface area (Å²) in [4.78, 5) is 11.0. The van der Waals surface area contributed by atoms with Gasteiger partial charge in [0.2, 0.25) is 0 Å². The van der Waals surface area contributed by atoms with Crippen molar-refractivity contribution in [3.05, 3.63) is 0 Å². The van der Waals surface area contributed by atoms with Gasteiger partial charge in [-0.05, 0) is 12.7 Å². The van der Waals surface area contributed by atoms with Gasteiger partial charge in [-0.15, -0.1) is 0 Å². The zero-order valence-corrected chi connectivity index (χ0v) is 16.7. The molecular weight excluding hydrogens is 302 g/mol. The molecule has 138 valence electrons. The minimum atomic E-state index is 0.103. The Morgan fingerprint density at radius 1 is 0.652 bits per heavy atom. The van der Waals surface area contributed by atoms with Crippen LogP contribution in [0.25, 0.3) is 0 Å². The molecule has 1 N–H and O–H groups in total. The minimum absolute atomic E-state index is 0.103. The zero-order valence-electron chi connectivity index (χ0n) is 15.8. The highest BCUT2D eigenvalue weighted by Crippen LogP contribution is 2.13. The van der Waals surface area contributed by atoms with Crippen LogP contribution in [0.3, 0.4) is 0 Å². The van der Waals surface area contributed by atoms with Gasteiger partial charge < -0.3 is 5.32 Å². The summed E-state index contributed by atoms with van der Waals surface area (Å²) in [6.07, 6.45) is 24.1. The number of carbonyl (C=O) groups is 1. The lowest BCUT2D eigenvalue weighted by molar-refractivity contribution is 0.260. The molecule has 0 saturated heterocycles. The lowest BCUT2D eigenvalue weighted by Gasteiger charge is -2.04. The summed E-state index contributed by atoms with van der Waals surface area (Å²) in [6.45, 7) is 3.13. The molecule has 0 unspecified atom stereocenters. The SMILES string of the molecule is CCCCCCCCCCCCCCCCCCNC(=O)SC. The van der Waals surface area contributed by atoms with Crippen LogP contribution in [0.2, 0.25) is 0 Å². The van der Waals surface area contributed by atoms with E-state index < -0.39 is 0 Å². The van der Waals surface area contributed by atoms with Crippen LogP contribution in [0.15, 0.2) is 0 Å². The van der Waals surface area contributed by atoms with Crippen molar-refractivity contribution < 1.29 is 4.79 Å². The van der Waals surface area contributed by atoms with Gasteiger partial charge in [-0.2, -0.15) is 0 Å². The average Bonchev–Trinajstić information content (AvgIpc) is 2.57. The number of unbranched alkanes of at least 4 members (excludes halogenated alkanes) is 15. The number of hydrogen-bond acceptors (Lipinski definition) is 2. The van der Waals surface area contributed by atoms with Crippen molar-refractivity contribution in [1.82, 2.24) is 5.32 Å². The fourth-order valence-corrected chi connectivity index (χ4v) is 3.18. The van der Waals surface area contributed by atoms with E-state index in [0.29, 0.717) is 0 Å². The third-order valence-electron chi connectivity index (χ3n) is 4.49. The van der Waals surface area contributed by atoms with Crippen molar-refractivity contribution in [3.63, 3.8) is 0 Å². The Morgan fingerprint density at radius 3 is 1.35 bits per heavy atom. The minimum Gasteiger partial charge on any atom is -0.347 e. The number of carbonyl (C=O) groups excluding carboxylic acids is 1. The van der Waals surface area contributed by atoms with Gasteiger partial charge in [0, 0.05) is 6.54 Å². The first kappa shape index (κ1) is 22.8. The number of rotatable bonds is 17. The molecule has 0 aliphatic heterocycles. The second-order valence-corrected chi connectivity index (χ2v) is 7.50. The van der Waals surface area contributed by atoms with Gasteiger partial charge in [-0.25, -0.2) is 0 Å². The molecule has 0 aromatic heterocycles. The summed E-state index contributed by atoms with van der Waals surface area (Å²) < 4.78 is 0. The number of thioether (sulfide) groups is 1. The van der Waals surface area contributed by atoms with E-state index in [1.165, 1.54) is 108 Å². The van der Waals surface area contributed by atoms with Crippen molar-refractivity contribution in [1.29, 1.82) is 0 Å². The van der Waals surface area contributed by atoms with Gasteiger partial charge in [0.25, 0.3) is 5.24 Å². The van der Waals surface area contributed by atoms with Crippen LogP contribution in [0, 0.1) is 0 Å². The molecule has 0 aromatic rings. The Kier molecular flexibility index (Phi) is 19.7. The predicted octanol–water partition coefficient (Wildman–Crippen LogP) is 7.32. The number of nitrogens with one attached hydrogen (secondary N) is 1. The van der Waals surface area contributed by atoms with Crippen LogP contribution in [0.4, 0.5) is 4.79 Å². The first-order chi connectivity index (χ1) is 11.3. The number of amides is 1. The van der Waals surface area contributed by atoms with E-state index >= 15 is 0 Å². The highest BCUT2D eigenvalue weighted by atomic mass is 32.2. The summed E-state index contributed by atoms with van der Waals surface area (Å²) in [7, 11) is 0. The molecule has 0 fully saturated rings. The lowest BCUT2D eigenvalue weighted by atomic mass is 10.0. The fourth-order valence-electron chi connectivity index (χ4n) is 2.94. The molecule has 0 aromatic carbocycles. The maximum absolute atomic E-state index is 11.0. The molecule has 1 amide bonds. The van der Waals surface area contributed by atoms with Gasteiger partial charge >= 0.3 is 0 Å². The molecule has 0 spiro atoms. The summed E-state index contributed by atoms with van der Waals surface area (Å²) in [5.74, 6) is 0. The van der Waals surface area contributed by atoms with Crippen molar-refractivity contribution in [2.75, 3.05) is 12.8 Å². The van der Waals surface area contributed by atoms with Crippen molar-refractivity contribution in [2.45, 2.75) is 110 Å². The Morgan fingerprint density at radius 2 is 1.00 bits per heavy atom. The largest absolute Gasteiger partial charge is 0.347 e. The van der Waals surface area contributed by atoms with E-state index in [1.54, 1.807) is 0 Å². The van der Waals surface area contributed by atoms with Gasteiger partial charge in [-0.1, -0.05) is 115 Å². The third kappa shape index (κ3) is 19.8. The first-order valence-electron chi connectivity index (χ1n) is 10.1. The lowest BCUT2D eigenvalue weighted by Crippen LogP contribution is -2.19. The normalized spacial score (nSPS) is 10.9. The summed E-state index contributed by atoms with van der Waals surface area (Å²) in [6, 6.07) is 0. The molecule has 23 heavy (non-hydrogen) atoms. The fraction of sp³-hybridized carbons (Fsp3) is 0.950. The molecule has 0 saturated carbocycles.